The summed E-state index contributed by atoms with van der Waals surface area (Å²) in [5.74, 6) is 0.755. The molecule has 1 N–H and O–H groups in total. The predicted molar refractivity (Wildman–Crippen MR) is 98.2 cm³/mol. The summed E-state index contributed by atoms with van der Waals surface area (Å²) >= 11 is 0. The zero-order valence-corrected chi connectivity index (χ0v) is 14.6. The summed E-state index contributed by atoms with van der Waals surface area (Å²) in [7, 11) is 1.97. The van der Waals surface area contributed by atoms with Crippen molar-refractivity contribution in [3.63, 3.8) is 0 Å². The van der Waals surface area contributed by atoms with Crippen molar-refractivity contribution < 1.29 is 9.21 Å². The van der Waals surface area contributed by atoms with Gasteiger partial charge in [0.1, 0.15) is 5.76 Å². The Balaban J connectivity index is 1.74. The zero-order valence-electron chi connectivity index (χ0n) is 14.6. The smallest absolute Gasteiger partial charge is 0.322 e. The molecule has 0 aliphatic heterocycles. The molecular formula is C20H23N3O2. The lowest BCUT2D eigenvalue weighted by atomic mass is 10.1. The molecule has 25 heavy (non-hydrogen) atoms. The van der Waals surface area contributed by atoms with Crippen LogP contribution in [0.1, 0.15) is 23.9 Å². The molecule has 0 unspecified atom stereocenters. The van der Waals surface area contributed by atoms with Gasteiger partial charge in [-0.25, -0.2) is 4.79 Å². The lowest BCUT2D eigenvalue weighted by Crippen LogP contribution is -2.34. The number of furan rings is 1. The molecule has 0 fully saturated rings. The van der Waals surface area contributed by atoms with E-state index in [1.807, 2.05) is 66.3 Å². The molecule has 5 heteroatoms. The van der Waals surface area contributed by atoms with E-state index in [0.29, 0.717) is 13.1 Å². The van der Waals surface area contributed by atoms with Crippen LogP contribution in [0.15, 0.2) is 65.4 Å². The number of nitrogens with zero attached hydrogens (tertiary/aromatic N) is 2. The summed E-state index contributed by atoms with van der Waals surface area (Å²) in [4.78, 5) is 14.5. The van der Waals surface area contributed by atoms with Crippen LogP contribution in [0.2, 0.25) is 0 Å². The number of aromatic nitrogens is 1. The number of aryl methyl sites for hydroxylation is 2. The molecule has 0 radical (unpaired) electrons. The van der Waals surface area contributed by atoms with Crippen LogP contribution < -0.4 is 5.32 Å². The molecule has 0 saturated heterocycles. The van der Waals surface area contributed by atoms with E-state index in [1.54, 1.807) is 11.2 Å². The fraction of sp³-hybridized carbons (Fsp3) is 0.250. The Kier molecular flexibility index (Phi) is 5.23. The second-order valence-corrected chi connectivity index (χ2v) is 6.03. The van der Waals surface area contributed by atoms with Gasteiger partial charge in [0.25, 0.3) is 0 Å². The molecule has 130 valence electrons. The summed E-state index contributed by atoms with van der Waals surface area (Å²) in [6.45, 7) is 3.03. The molecule has 0 aliphatic rings. The standard InChI is InChI=1S/C20H23N3O2/c1-3-16-8-10-17(11-9-16)21-20(24)23(15-19-7-5-13-25-19)14-18-6-4-12-22(18)2/h4-13H,3,14-15H2,1-2H3,(H,21,24). The summed E-state index contributed by atoms with van der Waals surface area (Å²) < 4.78 is 7.43. The van der Waals surface area contributed by atoms with Gasteiger partial charge in [-0.3, -0.25) is 0 Å². The maximum absolute atomic E-state index is 12.8. The molecule has 0 saturated carbocycles. The van der Waals surface area contributed by atoms with Crippen LogP contribution in [0.25, 0.3) is 0 Å². The van der Waals surface area contributed by atoms with E-state index in [9.17, 15) is 4.79 Å². The lowest BCUT2D eigenvalue weighted by molar-refractivity contribution is 0.200. The van der Waals surface area contributed by atoms with Crippen LogP contribution in [0.4, 0.5) is 10.5 Å². The number of anilines is 1. The third-order valence-electron chi connectivity index (χ3n) is 4.23. The molecule has 3 rings (SSSR count). The predicted octanol–water partition coefficient (Wildman–Crippen LogP) is 4.41. The van der Waals surface area contributed by atoms with E-state index in [2.05, 4.69) is 12.2 Å². The van der Waals surface area contributed by atoms with Gasteiger partial charge in [-0.2, -0.15) is 0 Å². The Morgan fingerprint density at radius 1 is 1.12 bits per heavy atom. The average molecular weight is 337 g/mol. The minimum absolute atomic E-state index is 0.151. The molecule has 2 aromatic heterocycles. The number of hydrogen-bond donors (Lipinski definition) is 1. The van der Waals surface area contributed by atoms with Crippen molar-refractivity contribution in [2.24, 2.45) is 7.05 Å². The molecule has 2 heterocycles. The molecule has 2 amide bonds. The van der Waals surface area contributed by atoms with Crippen LogP contribution in [-0.2, 0) is 26.6 Å². The lowest BCUT2D eigenvalue weighted by Gasteiger charge is -2.22. The molecule has 0 spiro atoms. The van der Waals surface area contributed by atoms with E-state index >= 15 is 0 Å². The maximum atomic E-state index is 12.8. The van der Waals surface area contributed by atoms with Crippen molar-refractivity contribution in [1.82, 2.24) is 9.47 Å². The fourth-order valence-electron chi connectivity index (χ4n) is 2.67. The Hall–Kier alpha value is -2.95. The highest BCUT2D eigenvalue weighted by atomic mass is 16.3. The van der Waals surface area contributed by atoms with E-state index in [0.717, 1.165) is 23.6 Å². The van der Waals surface area contributed by atoms with Gasteiger partial charge >= 0.3 is 6.03 Å². The van der Waals surface area contributed by atoms with Crippen molar-refractivity contribution in [1.29, 1.82) is 0 Å². The number of urea groups is 1. The third-order valence-corrected chi connectivity index (χ3v) is 4.23. The summed E-state index contributed by atoms with van der Waals surface area (Å²) in [5, 5.41) is 2.97. The average Bonchev–Trinajstić information content (AvgIpc) is 3.27. The first-order chi connectivity index (χ1) is 12.2. The van der Waals surface area contributed by atoms with Gasteiger partial charge < -0.3 is 19.2 Å². The summed E-state index contributed by atoms with van der Waals surface area (Å²) in [6, 6.07) is 15.5. The summed E-state index contributed by atoms with van der Waals surface area (Å²) in [5.41, 5.74) is 3.09. The van der Waals surface area contributed by atoms with Crippen LogP contribution in [0, 0.1) is 0 Å². The van der Waals surface area contributed by atoms with E-state index in [1.165, 1.54) is 5.56 Å². The van der Waals surface area contributed by atoms with Gasteiger partial charge in [0.2, 0.25) is 0 Å². The Morgan fingerprint density at radius 3 is 2.52 bits per heavy atom. The molecule has 1 aromatic carbocycles. The van der Waals surface area contributed by atoms with E-state index in [4.69, 9.17) is 4.42 Å². The Bertz CT molecular complexity index is 804. The van der Waals surface area contributed by atoms with Gasteiger partial charge in [-0.1, -0.05) is 19.1 Å². The highest BCUT2D eigenvalue weighted by Gasteiger charge is 2.17. The number of benzene rings is 1. The van der Waals surface area contributed by atoms with Crippen molar-refractivity contribution in [3.8, 4) is 0 Å². The quantitative estimate of drug-likeness (QED) is 0.724. The van der Waals surface area contributed by atoms with Gasteiger partial charge in [0.05, 0.1) is 19.4 Å². The van der Waals surface area contributed by atoms with Crippen molar-refractivity contribution in [2.75, 3.05) is 5.32 Å². The van der Waals surface area contributed by atoms with Crippen LogP contribution in [0.3, 0.4) is 0 Å². The minimum Gasteiger partial charge on any atom is -0.467 e. The molecule has 0 aliphatic carbocycles. The van der Waals surface area contributed by atoms with Crippen LogP contribution >= 0.6 is 0 Å². The molecule has 3 aromatic rings. The maximum Gasteiger partial charge on any atom is 0.322 e. The number of hydrogen-bond acceptors (Lipinski definition) is 2. The van der Waals surface area contributed by atoms with Crippen LogP contribution in [0.5, 0.6) is 0 Å². The largest absolute Gasteiger partial charge is 0.467 e. The molecular weight excluding hydrogens is 314 g/mol. The first-order valence-electron chi connectivity index (χ1n) is 8.43. The topological polar surface area (TPSA) is 50.4 Å². The van der Waals surface area contributed by atoms with Gasteiger partial charge in [0, 0.05) is 24.6 Å². The minimum atomic E-state index is -0.151. The SMILES string of the molecule is CCc1ccc(NC(=O)N(Cc2ccco2)Cc2cccn2C)cc1. The first-order valence-corrected chi connectivity index (χ1v) is 8.43. The second kappa shape index (κ2) is 7.75. The van der Waals surface area contributed by atoms with E-state index < -0.39 is 0 Å². The van der Waals surface area contributed by atoms with Gasteiger partial charge in [-0.15, -0.1) is 0 Å². The Morgan fingerprint density at radius 2 is 1.92 bits per heavy atom. The highest BCUT2D eigenvalue weighted by molar-refractivity contribution is 5.89. The molecule has 5 nitrogen and oxygen atoms in total. The monoisotopic (exact) mass is 337 g/mol. The van der Waals surface area contributed by atoms with Crippen molar-refractivity contribution in [3.05, 3.63) is 78.0 Å². The van der Waals surface area contributed by atoms with Gasteiger partial charge in [0.15, 0.2) is 0 Å². The highest BCUT2D eigenvalue weighted by Crippen LogP contribution is 2.15. The number of nitrogens with one attached hydrogen (secondary N) is 1. The summed E-state index contributed by atoms with van der Waals surface area (Å²) in [6.07, 6.45) is 4.57. The number of amides is 2. The first kappa shape index (κ1) is 16.9. The number of carbonyl (C=O) groups excluding carboxylic acids is 1. The van der Waals surface area contributed by atoms with Crippen molar-refractivity contribution in [2.45, 2.75) is 26.4 Å². The van der Waals surface area contributed by atoms with Gasteiger partial charge in [-0.05, 0) is 48.4 Å². The molecule has 0 atom stereocenters. The Labute approximate surface area is 147 Å². The zero-order chi connectivity index (χ0) is 17.6. The number of rotatable bonds is 6. The van der Waals surface area contributed by atoms with Crippen molar-refractivity contribution >= 4 is 11.7 Å². The third kappa shape index (κ3) is 4.32. The molecule has 0 bridgehead atoms. The normalized spacial score (nSPS) is 10.6. The fourth-order valence-corrected chi connectivity index (χ4v) is 2.67. The number of carbonyl (C=O) groups is 1. The van der Waals surface area contributed by atoms with Crippen LogP contribution in [-0.4, -0.2) is 15.5 Å². The second-order valence-electron chi connectivity index (χ2n) is 6.03. The van der Waals surface area contributed by atoms with E-state index in [-0.39, 0.29) is 6.03 Å².